The Labute approximate surface area is 148 Å². The van der Waals surface area contributed by atoms with Crippen LogP contribution in [0.2, 0.25) is 0 Å². The van der Waals surface area contributed by atoms with Crippen molar-refractivity contribution in [2.75, 3.05) is 7.11 Å². The number of amides is 1. The summed E-state index contributed by atoms with van der Waals surface area (Å²) in [4.78, 5) is 40.6. The van der Waals surface area contributed by atoms with E-state index >= 15 is 0 Å². The lowest BCUT2D eigenvalue weighted by Gasteiger charge is -2.08. The predicted octanol–water partition coefficient (Wildman–Crippen LogP) is -0.241. The van der Waals surface area contributed by atoms with Gasteiger partial charge in [-0.3, -0.25) is 18.7 Å². The number of methoxy groups -OCH3 is 1. The number of carbonyl (C=O) groups is 1. The molecular weight excluding hydrogens is 338 g/mol. The molecule has 3 aromatic rings. The molecule has 0 atom stereocenters. The molecule has 1 N–H and O–H groups in total. The van der Waals surface area contributed by atoms with E-state index in [1.807, 2.05) is 24.3 Å². The predicted molar refractivity (Wildman–Crippen MR) is 95.1 cm³/mol. The van der Waals surface area contributed by atoms with E-state index in [1.54, 1.807) is 7.11 Å². The monoisotopic (exact) mass is 357 g/mol. The molecule has 2 heterocycles. The number of aromatic nitrogens is 4. The van der Waals surface area contributed by atoms with Gasteiger partial charge in [0, 0.05) is 20.6 Å². The fourth-order valence-electron chi connectivity index (χ4n) is 2.67. The average Bonchev–Trinajstić information content (AvgIpc) is 3.07. The van der Waals surface area contributed by atoms with E-state index in [-0.39, 0.29) is 23.6 Å². The number of aryl methyl sites for hydroxylation is 1. The van der Waals surface area contributed by atoms with Gasteiger partial charge < -0.3 is 14.6 Å². The van der Waals surface area contributed by atoms with E-state index in [1.165, 1.54) is 29.6 Å². The van der Waals surface area contributed by atoms with Crippen LogP contribution in [0.3, 0.4) is 0 Å². The SMILES string of the molecule is COc1ccc(CNC(=O)Cn2cnc3c2c(=O)n(C)c(=O)n3C)cc1. The molecule has 3 rings (SSSR count). The molecule has 136 valence electrons. The van der Waals surface area contributed by atoms with Gasteiger partial charge >= 0.3 is 5.69 Å². The second kappa shape index (κ2) is 6.87. The number of benzene rings is 1. The zero-order valence-electron chi connectivity index (χ0n) is 14.7. The minimum Gasteiger partial charge on any atom is -0.497 e. The third-order valence-electron chi connectivity index (χ3n) is 4.18. The first-order valence-corrected chi connectivity index (χ1v) is 7.93. The number of hydrogen-bond acceptors (Lipinski definition) is 5. The molecule has 0 radical (unpaired) electrons. The second-order valence-electron chi connectivity index (χ2n) is 5.88. The van der Waals surface area contributed by atoms with Crippen LogP contribution < -0.4 is 21.3 Å². The van der Waals surface area contributed by atoms with Crippen LogP contribution in [0.4, 0.5) is 0 Å². The van der Waals surface area contributed by atoms with Gasteiger partial charge in [-0.25, -0.2) is 9.78 Å². The highest BCUT2D eigenvalue weighted by molar-refractivity contribution is 5.78. The van der Waals surface area contributed by atoms with Crippen molar-refractivity contribution in [3.05, 3.63) is 57.0 Å². The summed E-state index contributed by atoms with van der Waals surface area (Å²) in [5.41, 5.74) is 0.448. The normalized spacial score (nSPS) is 10.9. The first-order chi connectivity index (χ1) is 12.4. The fraction of sp³-hybridized carbons (Fsp3) is 0.294. The first kappa shape index (κ1) is 17.5. The lowest BCUT2D eigenvalue weighted by Crippen LogP contribution is -2.38. The van der Waals surface area contributed by atoms with Crippen LogP contribution in [-0.4, -0.2) is 31.7 Å². The molecule has 1 aromatic carbocycles. The molecule has 0 fully saturated rings. The molecule has 0 saturated carbocycles. The van der Waals surface area contributed by atoms with Crippen molar-refractivity contribution in [2.24, 2.45) is 14.1 Å². The van der Waals surface area contributed by atoms with Gasteiger partial charge in [0.1, 0.15) is 12.3 Å². The van der Waals surface area contributed by atoms with Gasteiger partial charge in [-0.15, -0.1) is 0 Å². The zero-order chi connectivity index (χ0) is 18.8. The Bertz CT molecular complexity index is 1080. The molecule has 0 aliphatic carbocycles. The Kier molecular flexibility index (Phi) is 4.61. The molecule has 0 aliphatic heterocycles. The molecule has 26 heavy (non-hydrogen) atoms. The maximum atomic E-state index is 12.3. The molecule has 9 heteroatoms. The van der Waals surface area contributed by atoms with Gasteiger partial charge in [-0.05, 0) is 17.7 Å². The lowest BCUT2D eigenvalue weighted by atomic mass is 10.2. The maximum Gasteiger partial charge on any atom is 0.332 e. The van der Waals surface area contributed by atoms with Gasteiger partial charge in [0.25, 0.3) is 5.56 Å². The topological polar surface area (TPSA) is 100 Å². The number of imidazole rings is 1. The minimum absolute atomic E-state index is 0.0693. The molecule has 0 aliphatic rings. The Balaban J connectivity index is 1.77. The van der Waals surface area contributed by atoms with Crippen molar-refractivity contribution in [3.8, 4) is 5.75 Å². The molecule has 0 saturated heterocycles. The Morgan fingerprint density at radius 2 is 1.85 bits per heavy atom. The molecule has 2 aromatic heterocycles. The molecule has 9 nitrogen and oxygen atoms in total. The Morgan fingerprint density at radius 1 is 1.15 bits per heavy atom. The molecular formula is C17H19N5O4. The zero-order valence-corrected chi connectivity index (χ0v) is 14.7. The summed E-state index contributed by atoms with van der Waals surface area (Å²) in [5.74, 6) is 0.474. The molecule has 0 unspecified atom stereocenters. The van der Waals surface area contributed by atoms with Crippen LogP contribution in [0.1, 0.15) is 5.56 Å². The standard InChI is InChI=1S/C17H19N5O4/c1-20-15-14(16(24)21(2)17(20)25)22(10-19-15)9-13(23)18-8-11-4-6-12(26-3)7-5-11/h4-7,10H,8-9H2,1-3H3,(H,18,23). The Hall–Kier alpha value is -3.36. The second-order valence-corrected chi connectivity index (χ2v) is 5.88. The van der Waals surface area contributed by atoms with Crippen LogP contribution in [0.15, 0.2) is 40.2 Å². The van der Waals surface area contributed by atoms with Gasteiger partial charge in [-0.2, -0.15) is 0 Å². The summed E-state index contributed by atoms with van der Waals surface area (Å²) in [6.07, 6.45) is 1.39. The number of carbonyl (C=O) groups excluding carboxylic acids is 1. The van der Waals surface area contributed by atoms with Crippen molar-refractivity contribution in [3.63, 3.8) is 0 Å². The summed E-state index contributed by atoms with van der Waals surface area (Å²) in [6.45, 7) is 0.284. The average molecular weight is 357 g/mol. The van der Waals surface area contributed by atoms with E-state index in [2.05, 4.69) is 10.3 Å². The van der Waals surface area contributed by atoms with Crippen LogP contribution in [0.25, 0.3) is 11.2 Å². The number of fused-ring (bicyclic) bond motifs is 1. The van der Waals surface area contributed by atoms with Gasteiger partial charge in [0.15, 0.2) is 11.2 Å². The number of nitrogens with one attached hydrogen (secondary N) is 1. The van der Waals surface area contributed by atoms with E-state index in [0.717, 1.165) is 15.9 Å². The van der Waals surface area contributed by atoms with Crippen molar-refractivity contribution >= 4 is 17.1 Å². The van der Waals surface area contributed by atoms with Crippen LogP contribution in [0, 0.1) is 0 Å². The Morgan fingerprint density at radius 3 is 2.50 bits per heavy atom. The van der Waals surface area contributed by atoms with Crippen LogP contribution >= 0.6 is 0 Å². The molecule has 0 bridgehead atoms. The quantitative estimate of drug-likeness (QED) is 0.679. The van der Waals surface area contributed by atoms with E-state index in [0.29, 0.717) is 6.54 Å². The highest BCUT2D eigenvalue weighted by Crippen LogP contribution is 2.11. The van der Waals surface area contributed by atoms with Crippen molar-refractivity contribution < 1.29 is 9.53 Å². The minimum atomic E-state index is -0.483. The third kappa shape index (κ3) is 3.10. The highest BCUT2D eigenvalue weighted by atomic mass is 16.5. The van der Waals surface area contributed by atoms with E-state index in [9.17, 15) is 14.4 Å². The third-order valence-corrected chi connectivity index (χ3v) is 4.18. The van der Waals surface area contributed by atoms with E-state index in [4.69, 9.17) is 4.74 Å². The number of ether oxygens (including phenoxy) is 1. The van der Waals surface area contributed by atoms with Crippen molar-refractivity contribution in [1.29, 1.82) is 0 Å². The van der Waals surface area contributed by atoms with Crippen molar-refractivity contribution in [1.82, 2.24) is 24.0 Å². The largest absolute Gasteiger partial charge is 0.497 e. The van der Waals surface area contributed by atoms with E-state index < -0.39 is 11.2 Å². The summed E-state index contributed by atoms with van der Waals surface area (Å²) < 4.78 is 8.81. The highest BCUT2D eigenvalue weighted by Gasteiger charge is 2.15. The van der Waals surface area contributed by atoms with Crippen molar-refractivity contribution in [2.45, 2.75) is 13.1 Å². The maximum absolute atomic E-state index is 12.3. The number of hydrogen-bond donors (Lipinski definition) is 1. The number of nitrogens with zero attached hydrogens (tertiary/aromatic N) is 4. The van der Waals surface area contributed by atoms with Crippen LogP contribution in [0.5, 0.6) is 5.75 Å². The van der Waals surface area contributed by atoms with Crippen LogP contribution in [-0.2, 0) is 32.0 Å². The molecule has 1 amide bonds. The lowest BCUT2D eigenvalue weighted by molar-refractivity contribution is -0.121. The van der Waals surface area contributed by atoms with Gasteiger partial charge in [0.2, 0.25) is 5.91 Å². The summed E-state index contributed by atoms with van der Waals surface area (Å²) in [7, 11) is 4.52. The summed E-state index contributed by atoms with van der Waals surface area (Å²) in [6, 6.07) is 7.35. The fourth-order valence-corrected chi connectivity index (χ4v) is 2.67. The smallest absolute Gasteiger partial charge is 0.332 e. The first-order valence-electron chi connectivity index (χ1n) is 7.93. The summed E-state index contributed by atoms with van der Waals surface area (Å²) in [5, 5.41) is 2.79. The van der Waals surface area contributed by atoms with Gasteiger partial charge in [0.05, 0.1) is 13.4 Å². The molecule has 0 spiro atoms. The summed E-state index contributed by atoms with van der Waals surface area (Å²) >= 11 is 0. The number of rotatable bonds is 5. The van der Waals surface area contributed by atoms with Gasteiger partial charge in [-0.1, -0.05) is 12.1 Å².